The average Bonchev–Trinajstić information content (AvgIpc) is 3.44. The molecular weight excluding hydrogens is 1010 g/mol. The lowest BCUT2D eigenvalue weighted by molar-refractivity contribution is -0.0244. The minimum atomic E-state index is -0.573. The van der Waals surface area contributed by atoms with Crippen molar-refractivity contribution >= 4 is 5.78 Å². The van der Waals surface area contributed by atoms with E-state index in [1.165, 1.54) is 73.4 Å². The highest BCUT2D eigenvalue weighted by atomic mass is 16.3. The number of aryl methyl sites for hydroxylation is 4. The first-order chi connectivity index (χ1) is 38.0. The second-order valence-electron chi connectivity index (χ2n) is 27.1. The van der Waals surface area contributed by atoms with E-state index >= 15 is 0 Å². The number of aliphatic hydroxyl groups is 1. The summed E-state index contributed by atoms with van der Waals surface area (Å²) in [5.74, 6) is 7.48. The van der Waals surface area contributed by atoms with Crippen molar-refractivity contribution in [3.63, 3.8) is 0 Å². The number of carbonyl (C=O) groups is 1. The van der Waals surface area contributed by atoms with Crippen LogP contribution >= 0.6 is 0 Å². The molecule has 0 aliphatic heterocycles. The maximum absolute atomic E-state index is 12.1. The van der Waals surface area contributed by atoms with Crippen LogP contribution in [-0.2, 0) is 44.9 Å². The van der Waals surface area contributed by atoms with E-state index < -0.39 is 5.60 Å². The lowest BCUT2D eigenvalue weighted by Gasteiger charge is -2.51. The van der Waals surface area contributed by atoms with Gasteiger partial charge in [0.1, 0.15) is 23.0 Å². The Morgan fingerprint density at radius 2 is 1.33 bits per heavy atom. The monoisotopic (exact) mass is 1120 g/mol. The summed E-state index contributed by atoms with van der Waals surface area (Å²) < 4.78 is 22.4. The van der Waals surface area contributed by atoms with E-state index in [0.29, 0.717) is 41.9 Å². The van der Waals surface area contributed by atoms with Crippen LogP contribution in [0.4, 0.5) is 0 Å². The molecular formula is C75H106O7. The largest absolute Gasteiger partial charge is 0.469 e. The molecule has 448 valence electrons. The van der Waals surface area contributed by atoms with Gasteiger partial charge in [0.25, 0.3) is 0 Å². The molecule has 0 spiro atoms. The first-order valence-electron chi connectivity index (χ1n) is 30.4. The van der Waals surface area contributed by atoms with Crippen LogP contribution in [0.3, 0.4) is 0 Å². The third-order valence-electron chi connectivity index (χ3n) is 19.7. The molecule has 1 saturated carbocycles. The fraction of sp³-hybridized carbons (Fsp3) is 0.533. The van der Waals surface area contributed by atoms with E-state index in [2.05, 4.69) is 159 Å². The molecule has 4 aromatic heterocycles. The Balaban J connectivity index is 0.000000187. The number of carbonyl (C=O) groups excluding carboxylic acids is 1. The van der Waals surface area contributed by atoms with Crippen LogP contribution in [-0.4, -0.2) is 22.0 Å². The van der Waals surface area contributed by atoms with Crippen LogP contribution < -0.4 is 0 Å². The standard InChI is InChI=1S/C16H20O.C16H22O.C15H26O.C14H18O2.C14H18O.H2O/c1-11-10-17-14-9-15(3)7-5-6-12(2)16(15,4)8-13(11)14;1-11-5-6-15-14(4)10-17-16(15)9-13(3)8-12(2)7-11;1-7-15(6)9-8-12(14(4,5)16)10-13(15)11(2)3;1-10-6-4-3-5-7-13-14(12(15)8-10)11(2)9-16-13;1-5-11-6-14-13(10(4)8-15-14)7-12(11)9(2)3;/h5,7,10H,2,6,8-9H2,1,3-4H3;5,8,10,12H,6-7,9H2,1-4H3;7,12-13,16H,1-2,8-10H2,3-6H3;3,5,9-10H,4,6-8H2,1-2H3;5,8,11-12H,1-2,6-7H2,3-4H3;1H2/b;11-5+,13-8+;;5-3+;;/t;;12-,13?,15-;;;/m..1.../s1. The van der Waals surface area contributed by atoms with Gasteiger partial charge in [-0.2, -0.15) is 0 Å². The van der Waals surface area contributed by atoms with Crippen LogP contribution in [0.25, 0.3) is 0 Å². The van der Waals surface area contributed by atoms with Gasteiger partial charge in [-0.25, -0.2) is 0 Å². The van der Waals surface area contributed by atoms with Crippen molar-refractivity contribution < 1.29 is 33.0 Å². The summed E-state index contributed by atoms with van der Waals surface area (Å²) in [5, 5.41) is 10.1. The molecule has 0 radical (unpaired) electrons. The molecule has 3 N–H and O–H groups in total. The van der Waals surface area contributed by atoms with Crippen LogP contribution in [0.5, 0.6) is 0 Å². The van der Waals surface area contributed by atoms with E-state index in [9.17, 15) is 9.90 Å². The Kier molecular flexibility index (Phi) is 23.2. The normalized spacial score (nSPS) is 29.3. The van der Waals surface area contributed by atoms with Crippen molar-refractivity contribution in [2.45, 2.75) is 206 Å². The molecule has 0 saturated heterocycles. The second-order valence-corrected chi connectivity index (χ2v) is 27.1. The number of fused-ring (bicyclic) bond motifs is 5. The van der Waals surface area contributed by atoms with E-state index in [1.807, 2.05) is 45.6 Å². The van der Waals surface area contributed by atoms with Crippen molar-refractivity contribution in [2.75, 3.05) is 0 Å². The predicted octanol–water partition coefficient (Wildman–Crippen LogP) is 19.3. The summed E-state index contributed by atoms with van der Waals surface area (Å²) in [7, 11) is 0. The van der Waals surface area contributed by atoms with Crippen LogP contribution in [0.15, 0.2) is 152 Å². The van der Waals surface area contributed by atoms with Gasteiger partial charge in [0.05, 0.1) is 36.2 Å². The Labute approximate surface area is 496 Å². The minimum absolute atomic E-state index is 0. The Bertz CT molecular complexity index is 3010. The Morgan fingerprint density at radius 1 is 0.707 bits per heavy atom. The maximum atomic E-state index is 12.1. The molecule has 7 nitrogen and oxygen atoms in total. The van der Waals surface area contributed by atoms with Crippen molar-refractivity contribution in [1.82, 2.24) is 0 Å². The highest BCUT2D eigenvalue weighted by Crippen LogP contribution is 2.57. The van der Waals surface area contributed by atoms with Gasteiger partial charge in [-0.3, -0.25) is 4.79 Å². The van der Waals surface area contributed by atoms with Gasteiger partial charge in [0, 0.05) is 48.5 Å². The molecule has 6 aliphatic rings. The third-order valence-corrected chi connectivity index (χ3v) is 19.7. The number of rotatable bonds is 5. The van der Waals surface area contributed by atoms with Gasteiger partial charge in [0.2, 0.25) is 0 Å². The molecule has 9 atom stereocenters. The average molecular weight is 1120 g/mol. The number of Topliss-reactive ketones (excluding diaryl/α,β-unsaturated/α-hetero) is 1. The summed E-state index contributed by atoms with van der Waals surface area (Å²) in [6.45, 7) is 52.6. The van der Waals surface area contributed by atoms with Gasteiger partial charge in [0.15, 0.2) is 5.78 Å². The first-order valence-corrected chi connectivity index (χ1v) is 30.4. The lowest BCUT2D eigenvalue weighted by atomic mass is 9.52. The number of allylic oxidation sites excluding steroid dienone is 13. The molecule has 1 fully saturated rings. The molecule has 6 aliphatic carbocycles. The van der Waals surface area contributed by atoms with E-state index in [1.54, 1.807) is 6.26 Å². The van der Waals surface area contributed by atoms with Gasteiger partial charge in [-0.15, -0.1) is 13.2 Å². The maximum Gasteiger partial charge on any atom is 0.166 e. The number of hydrogen-bond acceptors (Lipinski definition) is 6. The first kappa shape index (κ1) is 67.2. The van der Waals surface area contributed by atoms with Gasteiger partial charge < -0.3 is 28.3 Å². The van der Waals surface area contributed by atoms with Crippen LogP contribution in [0, 0.1) is 79.4 Å². The molecule has 4 heterocycles. The number of furan rings is 4. The second kappa shape index (κ2) is 28.3. The molecule has 10 rings (SSSR count). The minimum Gasteiger partial charge on any atom is -0.469 e. The summed E-state index contributed by atoms with van der Waals surface area (Å²) in [4.78, 5) is 12.1. The predicted molar refractivity (Wildman–Crippen MR) is 342 cm³/mol. The van der Waals surface area contributed by atoms with Gasteiger partial charge >= 0.3 is 0 Å². The smallest absolute Gasteiger partial charge is 0.166 e. The number of hydrogen-bond donors (Lipinski definition) is 1. The third kappa shape index (κ3) is 16.0. The SMILES string of the molecule is C/C1=C\C(C)C/C(C)=C/Cc2c(C)coc2C1.C=C1CC=CC2(C)Cc3occ(C)c3CC12C.C=CC1Cc2occ(C)c2CC1C(=C)C.C=C[C@]1(C)CC[C@@H](C(C)(C)O)CC1C(=C)C.Cc1coc2c1C(=O)CC(C)CC/C=C/C2.O. The van der Waals surface area contributed by atoms with Crippen molar-refractivity contribution in [3.8, 4) is 0 Å². The van der Waals surface area contributed by atoms with Crippen molar-refractivity contribution in [1.29, 1.82) is 0 Å². The van der Waals surface area contributed by atoms with E-state index in [-0.39, 0.29) is 27.5 Å². The fourth-order valence-electron chi connectivity index (χ4n) is 13.8. The molecule has 7 heteroatoms. The summed E-state index contributed by atoms with van der Waals surface area (Å²) in [5.41, 5.74) is 16.5. The quantitative estimate of drug-likeness (QED) is 0.199. The summed E-state index contributed by atoms with van der Waals surface area (Å²) in [6, 6.07) is 0. The Hall–Kier alpha value is -5.63. The molecule has 0 bridgehead atoms. The topological polar surface area (TPSA) is 121 Å². The zero-order valence-corrected chi connectivity index (χ0v) is 53.5. The molecule has 0 amide bonds. The summed E-state index contributed by atoms with van der Waals surface area (Å²) in [6.07, 6.45) is 40.2. The van der Waals surface area contributed by atoms with Crippen LogP contribution in [0.2, 0.25) is 0 Å². The molecule has 82 heavy (non-hydrogen) atoms. The van der Waals surface area contributed by atoms with Crippen molar-refractivity contribution in [3.05, 3.63) is 202 Å². The highest BCUT2D eigenvalue weighted by Gasteiger charge is 2.50. The summed E-state index contributed by atoms with van der Waals surface area (Å²) >= 11 is 0. The van der Waals surface area contributed by atoms with Crippen molar-refractivity contribution in [2.24, 2.45) is 51.8 Å². The van der Waals surface area contributed by atoms with E-state index in [4.69, 9.17) is 17.7 Å². The zero-order valence-electron chi connectivity index (χ0n) is 53.5. The van der Waals surface area contributed by atoms with Gasteiger partial charge in [-0.1, -0.05) is 131 Å². The number of ketones is 1. The molecule has 4 aromatic rings. The lowest BCUT2D eigenvalue weighted by Crippen LogP contribution is -2.45. The van der Waals surface area contributed by atoms with E-state index in [0.717, 1.165) is 112 Å². The molecule has 7 unspecified atom stereocenters. The fourth-order valence-corrected chi connectivity index (χ4v) is 13.8. The van der Waals surface area contributed by atoms with Gasteiger partial charge in [-0.05, 0) is 208 Å². The van der Waals surface area contributed by atoms with Crippen LogP contribution in [0.1, 0.15) is 200 Å². The molecule has 0 aromatic carbocycles. The highest BCUT2D eigenvalue weighted by molar-refractivity contribution is 5.98. The Morgan fingerprint density at radius 3 is 1.96 bits per heavy atom. The zero-order chi connectivity index (χ0) is 59.8.